The van der Waals surface area contributed by atoms with Crippen molar-refractivity contribution in [3.8, 4) is 0 Å². The molecule has 32 heavy (non-hydrogen) atoms. The Kier molecular flexibility index (Phi) is 12.3. The van der Waals surface area contributed by atoms with Crippen LogP contribution in [0.25, 0.3) is 0 Å². The predicted molar refractivity (Wildman–Crippen MR) is 143 cm³/mol. The lowest BCUT2D eigenvalue weighted by Gasteiger charge is -2.37. The molecule has 2 N–H and O–H groups in total. The maximum Gasteiger partial charge on any atom is 0.191 e. The molecule has 2 aliphatic rings. The maximum atomic E-state index is 5.69. The van der Waals surface area contributed by atoms with E-state index in [9.17, 15) is 0 Å². The highest BCUT2D eigenvalue weighted by Crippen LogP contribution is 2.35. The number of morpholine rings is 1. The van der Waals surface area contributed by atoms with Gasteiger partial charge >= 0.3 is 0 Å². The third-order valence-electron chi connectivity index (χ3n) is 6.53. The lowest BCUT2D eigenvalue weighted by molar-refractivity contribution is 0.0132. The largest absolute Gasteiger partial charge is 0.381 e. The van der Waals surface area contributed by atoms with E-state index in [1.54, 1.807) is 0 Å². The Morgan fingerprint density at radius 3 is 2.31 bits per heavy atom. The minimum Gasteiger partial charge on any atom is -0.381 e. The van der Waals surface area contributed by atoms with E-state index in [1.807, 2.05) is 0 Å². The molecule has 1 unspecified atom stereocenters. The standard InChI is InChI=1S/C25H42N4O2.HI/c1-4-26-24(27-19-23(18-21(2)3)29-12-16-31-17-13-29)28-20-25(10-14-30-15-11-25)22-8-6-5-7-9-22;/h5-9,21,23H,4,10-20H2,1-3H3,(H2,26,27,28);1H. The zero-order valence-electron chi connectivity index (χ0n) is 20.1. The molecule has 1 aromatic rings. The first-order chi connectivity index (χ1) is 15.1. The van der Waals surface area contributed by atoms with Crippen molar-refractivity contribution in [2.45, 2.75) is 51.5 Å². The third kappa shape index (κ3) is 8.15. The van der Waals surface area contributed by atoms with Crippen molar-refractivity contribution in [2.24, 2.45) is 10.9 Å². The first kappa shape index (κ1) is 27.3. The highest BCUT2D eigenvalue weighted by molar-refractivity contribution is 14.0. The summed E-state index contributed by atoms with van der Waals surface area (Å²) < 4.78 is 11.3. The summed E-state index contributed by atoms with van der Waals surface area (Å²) in [6, 6.07) is 11.4. The number of nitrogens with one attached hydrogen (secondary N) is 2. The van der Waals surface area contributed by atoms with Crippen molar-refractivity contribution in [1.82, 2.24) is 15.5 Å². The van der Waals surface area contributed by atoms with Crippen LogP contribution in [0.3, 0.4) is 0 Å². The molecule has 0 bridgehead atoms. The number of ether oxygens (including phenoxy) is 2. The highest BCUT2D eigenvalue weighted by atomic mass is 127. The van der Waals surface area contributed by atoms with Gasteiger partial charge in [0, 0.05) is 50.8 Å². The molecule has 2 fully saturated rings. The highest BCUT2D eigenvalue weighted by Gasteiger charge is 2.34. The number of halogens is 1. The van der Waals surface area contributed by atoms with Gasteiger partial charge in [-0.15, -0.1) is 24.0 Å². The van der Waals surface area contributed by atoms with Gasteiger partial charge in [0.05, 0.1) is 19.8 Å². The van der Waals surface area contributed by atoms with Gasteiger partial charge < -0.3 is 20.1 Å². The van der Waals surface area contributed by atoms with Gasteiger partial charge in [0.15, 0.2) is 5.96 Å². The molecular formula is C25H43IN4O2. The fourth-order valence-electron chi connectivity index (χ4n) is 4.73. The van der Waals surface area contributed by atoms with Crippen LogP contribution < -0.4 is 10.6 Å². The van der Waals surface area contributed by atoms with Crippen molar-refractivity contribution < 1.29 is 9.47 Å². The molecule has 0 aromatic heterocycles. The van der Waals surface area contributed by atoms with Crippen LogP contribution in [0.2, 0.25) is 0 Å². The average Bonchev–Trinajstić information content (AvgIpc) is 2.81. The number of hydrogen-bond acceptors (Lipinski definition) is 4. The number of nitrogens with zero attached hydrogens (tertiary/aromatic N) is 2. The van der Waals surface area contributed by atoms with Crippen LogP contribution in [0.5, 0.6) is 0 Å². The van der Waals surface area contributed by atoms with Gasteiger partial charge in [0.2, 0.25) is 0 Å². The van der Waals surface area contributed by atoms with Crippen LogP contribution >= 0.6 is 24.0 Å². The van der Waals surface area contributed by atoms with Gasteiger partial charge in [0.1, 0.15) is 0 Å². The van der Waals surface area contributed by atoms with E-state index >= 15 is 0 Å². The fraction of sp³-hybridized carbons (Fsp3) is 0.720. The first-order valence-electron chi connectivity index (χ1n) is 12.1. The molecule has 2 saturated heterocycles. The lowest BCUT2D eigenvalue weighted by Crippen LogP contribution is -2.51. The van der Waals surface area contributed by atoms with Crippen LogP contribution in [0.15, 0.2) is 35.3 Å². The minimum atomic E-state index is 0. The van der Waals surface area contributed by atoms with Crippen LogP contribution in [-0.4, -0.2) is 76.1 Å². The Balaban J connectivity index is 0.00000363. The molecule has 0 saturated carbocycles. The summed E-state index contributed by atoms with van der Waals surface area (Å²) >= 11 is 0. The van der Waals surface area contributed by atoms with Crippen molar-refractivity contribution in [3.63, 3.8) is 0 Å². The van der Waals surface area contributed by atoms with E-state index in [1.165, 1.54) is 12.0 Å². The van der Waals surface area contributed by atoms with E-state index in [0.29, 0.717) is 12.0 Å². The van der Waals surface area contributed by atoms with Gasteiger partial charge in [0.25, 0.3) is 0 Å². The predicted octanol–water partition coefficient (Wildman–Crippen LogP) is 3.65. The number of rotatable bonds is 9. The molecule has 2 heterocycles. The number of guanidine groups is 1. The molecule has 0 aliphatic carbocycles. The Hall–Kier alpha value is -0.900. The number of aliphatic imine (C=N–C) groups is 1. The minimum absolute atomic E-state index is 0. The van der Waals surface area contributed by atoms with E-state index in [4.69, 9.17) is 14.5 Å². The summed E-state index contributed by atoms with van der Waals surface area (Å²) in [5, 5.41) is 7.12. The van der Waals surface area contributed by atoms with E-state index in [-0.39, 0.29) is 29.4 Å². The Bertz CT molecular complexity index is 659. The Morgan fingerprint density at radius 2 is 1.69 bits per heavy atom. The monoisotopic (exact) mass is 558 g/mol. The lowest BCUT2D eigenvalue weighted by atomic mass is 9.74. The van der Waals surface area contributed by atoms with Crippen LogP contribution in [0.4, 0.5) is 0 Å². The molecule has 3 rings (SSSR count). The molecule has 6 nitrogen and oxygen atoms in total. The zero-order valence-corrected chi connectivity index (χ0v) is 22.5. The molecule has 0 spiro atoms. The van der Waals surface area contributed by atoms with Crippen LogP contribution in [0, 0.1) is 5.92 Å². The molecule has 182 valence electrons. The van der Waals surface area contributed by atoms with E-state index in [0.717, 1.165) is 78.0 Å². The zero-order chi connectivity index (χ0) is 21.9. The normalized spacial score (nSPS) is 20.4. The summed E-state index contributed by atoms with van der Waals surface area (Å²) in [7, 11) is 0. The smallest absolute Gasteiger partial charge is 0.191 e. The SMILES string of the molecule is CCNC(=NCC1(c2ccccc2)CCOCC1)NCC(CC(C)C)N1CCOCC1.I. The fourth-order valence-corrected chi connectivity index (χ4v) is 4.73. The Morgan fingerprint density at radius 1 is 1.03 bits per heavy atom. The van der Waals surface area contributed by atoms with Gasteiger partial charge in [-0.25, -0.2) is 0 Å². The molecule has 7 heteroatoms. The van der Waals surface area contributed by atoms with Crippen molar-refractivity contribution >= 4 is 29.9 Å². The number of benzene rings is 1. The van der Waals surface area contributed by atoms with Gasteiger partial charge in [-0.05, 0) is 37.7 Å². The van der Waals surface area contributed by atoms with Crippen LogP contribution in [-0.2, 0) is 14.9 Å². The second-order valence-corrected chi connectivity index (χ2v) is 9.27. The second kappa shape index (κ2) is 14.4. The molecule has 0 radical (unpaired) electrons. The van der Waals surface area contributed by atoms with E-state index < -0.39 is 0 Å². The molecule has 2 aliphatic heterocycles. The third-order valence-corrected chi connectivity index (χ3v) is 6.53. The van der Waals surface area contributed by atoms with Crippen molar-refractivity contribution in [2.75, 3.05) is 59.2 Å². The molecule has 1 aromatic carbocycles. The first-order valence-corrected chi connectivity index (χ1v) is 12.1. The molecule has 0 amide bonds. The average molecular weight is 559 g/mol. The molecular weight excluding hydrogens is 515 g/mol. The summed E-state index contributed by atoms with van der Waals surface area (Å²) in [6.07, 6.45) is 3.21. The van der Waals surface area contributed by atoms with Crippen molar-refractivity contribution in [3.05, 3.63) is 35.9 Å². The Labute approximate surface area is 211 Å². The van der Waals surface area contributed by atoms with Crippen molar-refractivity contribution in [1.29, 1.82) is 0 Å². The summed E-state index contributed by atoms with van der Waals surface area (Å²) in [6.45, 7) is 14.6. The second-order valence-electron chi connectivity index (χ2n) is 9.27. The van der Waals surface area contributed by atoms with Gasteiger partial charge in [-0.2, -0.15) is 0 Å². The quantitative estimate of drug-likeness (QED) is 0.276. The van der Waals surface area contributed by atoms with Gasteiger partial charge in [-0.1, -0.05) is 44.2 Å². The van der Waals surface area contributed by atoms with E-state index in [2.05, 4.69) is 66.6 Å². The van der Waals surface area contributed by atoms with Gasteiger partial charge in [-0.3, -0.25) is 9.89 Å². The molecule has 1 atom stereocenters. The summed E-state index contributed by atoms with van der Waals surface area (Å²) in [5.41, 5.74) is 1.44. The van der Waals surface area contributed by atoms with Crippen LogP contribution in [0.1, 0.15) is 45.6 Å². The topological polar surface area (TPSA) is 58.1 Å². The summed E-state index contributed by atoms with van der Waals surface area (Å²) in [5.74, 6) is 1.59. The maximum absolute atomic E-state index is 5.69. The number of hydrogen-bond donors (Lipinski definition) is 2. The summed E-state index contributed by atoms with van der Waals surface area (Å²) in [4.78, 5) is 7.65.